The van der Waals surface area contributed by atoms with Gasteiger partial charge in [0, 0.05) is 22.7 Å². The highest BCUT2D eigenvalue weighted by molar-refractivity contribution is 5.85. The molecule has 5 nitrogen and oxygen atoms in total. The number of hydrogen-bond acceptors (Lipinski definition) is 3. The maximum absolute atomic E-state index is 11.1. The molecule has 1 saturated carbocycles. The predicted molar refractivity (Wildman–Crippen MR) is 121 cm³/mol. The van der Waals surface area contributed by atoms with E-state index in [2.05, 4.69) is 50.9 Å². The monoisotopic (exact) mass is 413 g/mol. The van der Waals surface area contributed by atoms with E-state index in [0.717, 1.165) is 54.5 Å². The minimum Gasteiger partial charge on any atom is -0.488 e. The lowest BCUT2D eigenvalue weighted by atomic mass is 9.81. The number of hydrogen-bond donors (Lipinski definition) is 2. The van der Waals surface area contributed by atoms with E-state index in [9.17, 15) is 5.11 Å². The average Bonchev–Trinajstić information content (AvgIpc) is 3.51. The first-order valence-electron chi connectivity index (χ1n) is 11.3. The van der Waals surface area contributed by atoms with Gasteiger partial charge in [-0.2, -0.15) is 0 Å². The van der Waals surface area contributed by atoms with Crippen LogP contribution in [-0.2, 0) is 0 Å². The van der Waals surface area contributed by atoms with E-state index in [1.807, 2.05) is 30.9 Å². The van der Waals surface area contributed by atoms with Crippen LogP contribution >= 0.6 is 0 Å². The van der Waals surface area contributed by atoms with Gasteiger partial charge in [-0.1, -0.05) is 36.4 Å². The highest BCUT2D eigenvalue weighted by atomic mass is 16.5. The van der Waals surface area contributed by atoms with Crippen molar-refractivity contribution in [2.75, 3.05) is 0 Å². The Morgan fingerprint density at radius 2 is 1.87 bits per heavy atom. The molecule has 2 N–H and O–H groups in total. The summed E-state index contributed by atoms with van der Waals surface area (Å²) < 4.78 is 8.55. The van der Waals surface area contributed by atoms with Gasteiger partial charge in [-0.05, 0) is 55.7 Å². The van der Waals surface area contributed by atoms with Gasteiger partial charge in [-0.3, -0.25) is 0 Å². The Bertz CT molecular complexity index is 1200. The van der Waals surface area contributed by atoms with Crippen molar-refractivity contribution in [3.05, 3.63) is 72.8 Å². The molecule has 2 aromatic carbocycles. The van der Waals surface area contributed by atoms with Crippen molar-refractivity contribution in [1.29, 1.82) is 0 Å². The maximum atomic E-state index is 11.1. The minimum absolute atomic E-state index is 0.170. The van der Waals surface area contributed by atoms with Crippen molar-refractivity contribution in [2.45, 2.75) is 50.4 Å². The first kappa shape index (κ1) is 18.7. The van der Waals surface area contributed by atoms with Crippen LogP contribution in [0.2, 0.25) is 0 Å². The first-order valence-corrected chi connectivity index (χ1v) is 11.3. The largest absolute Gasteiger partial charge is 0.488 e. The molecule has 1 aliphatic heterocycles. The van der Waals surface area contributed by atoms with Crippen LogP contribution in [0.1, 0.15) is 43.7 Å². The number of aliphatic hydroxyl groups excluding tert-OH is 1. The van der Waals surface area contributed by atoms with Crippen LogP contribution in [0.25, 0.3) is 22.2 Å². The maximum Gasteiger partial charge on any atom is 0.144 e. The number of aromatic amines is 1. The Labute approximate surface area is 181 Å². The van der Waals surface area contributed by atoms with Gasteiger partial charge in [0.05, 0.1) is 36.5 Å². The van der Waals surface area contributed by atoms with Gasteiger partial charge >= 0.3 is 0 Å². The summed E-state index contributed by atoms with van der Waals surface area (Å²) in [5, 5.41) is 12.3. The molecule has 0 saturated heterocycles. The minimum atomic E-state index is -0.319. The van der Waals surface area contributed by atoms with E-state index in [-0.39, 0.29) is 18.2 Å². The molecule has 2 atom stereocenters. The molecule has 158 valence electrons. The summed E-state index contributed by atoms with van der Waals surface area (Å²) in [6.07, 6.45) is 10.4. The number of nitrogens with one attached hydrogen (secondary N) is 1. The molecule has 5 heteroatoms. The summed E-state index contributed by atoms with van der Waals surface area (Å²) in [6, 6.07) is 16.9. The second-order valence-electron chi connectivity index (χ2n) is 8.95. The third kappa shape index (κ3) is 3.24. The van der Waals surface area contributed by atoms with Crippen LogP contribution in [0.15, 0.2) is 67.3 Å². The van der Waals surface area contributed by atoms with Crippen LogP contribution in [0.3, 0.4) is 0 Å². The van der Waals surface area contributed by atoms with Gasteiger partial charge in [0.1, 0.15) is 5.75 Å². The lowest BCUT2D eigenvalue weighted by molar-refractivity contribution is 0.0405. The van der Waals surface area contributed by atoms with Crippen molar-refractivity contribution < 1.29 is 9.84 Å². The van der Waals surface area contributed by atoms with E-state index in [0.29, 0.717) is 5.92 Å². The number of para-hydroxylation sites is 1. The summed E-state index contributed by atoms with van der Waals surface area (Å²) in [6.45, 7) is 0. The highest BCUT2D eigenvalue weighted by Crippen LogP contribution is 2.43. The zero-order chi connectivity index (χ0) is 20.8. The van der Waals surface area contributed by atoms with E-state index in [1.54, 1.807) is 0 Å². The molecule has 3 heterocycles. The van der Waals surface area contributed by atoms with Crippen LogP contribution in [0.4, 0.5) is 0 Å². The molecule has 2 aliphatic rings. The fourth-order valence-corrected chi connectivity index (χ4v) is 5.51. The SMILES string of the molecule is OC(CC1c2ccccc2-c2cncn21)C1CCC(Oc2c[nH]c3ccccc23)CC1. The molecule has 2 unspecified atom stereocenters. The number of nitrogens with zero attached hydrogens (tertiary/aromatic N) is 2. The zero-order valence-electron chi connectivity index (χ0n) is 17.4. The topological polar surface area (TPSA) is 63.1 Å². The number of aromatic nitrogens is 3. The molecule has 0 amide bonds. The third-order valence-electron chi connectivity index (χ3n) is 7.17. The second kappa shape index (κ2) is 7.57. The Kier molecular flexibility index (Phi) is 4.57. The summed E-state index contributed by atoms with van der Waals surface area (Å²) in [5.74, 6) is 1.26. The molecule has 0 radical (unpaired) electrons. The van der Waals surface area contributed by atoms with E-state index >= 15 is 0 Å². The summed E-state index contributed by atoms with van der Waals surface area (Å²) in [5.41, 5.74) is 4.81. The quantitative estimate of drug-likeness (QED) is 0.465. The zero-order valence-corrected chi connectivity index (χ0v) is 17.4. The molecule has 1 fully saturated rings. The lowest BCUT2D eigenvalue weighted by Gasteiger charge is -2.33. The Balaban J connectivity index is 1.10. The number of H-pyrrole nitrogens is 1. The van der Waals surface area contributed by atoms with Gasteiger partial charge in [0.15, 0.2) is 0 Å². The molecule has 4 aromatic rings. The number of ether oxygens (including phenoxy) is 1. The van der Waals surface area contributed by atoms with Gasteiger partial charge < -0.3 is 19.4 Å². The van der Waals surface area contributed by atoms with Crippen LogP contribution in [-0.4, -0.2) is 31.8 Å². The van der Waals surface area contributed by atoms with E-state index in [4.69, 9.17) is 4.74 Å². The van der Waals surface area contributed by atoms with Gasteiger partial charge in [-0.15, -0.1) is 0 Å². The fraction of sp³-hybridized carbons (Fsp3) is 0.346. The second-order valence-corrected chi connectivity index (χ2v) is 8.95. The van der Waals surface area contributed by atoms with Gasteiger partial charge in [0.2, 0.25) is 0 Å². The van der Waals surface area contributed by atoms with Gasteiger partial charge in [-0.25, -0.2) is 4.98 Å². The molecule has 6 rings (SSSR count). The third-order valence-corrected chi connectivity index (χ3v) is 7.17. The van der Waals surface area contributed by atoms with Crippen LogP contribution in [0.5, 0.6) is 5.75 Å². The number of imidazole rings is 1. The normalized spacial score (nSPS) is 23.5. The molecule has 31 heavy (non-hydrogen) atoms. The molecular weight excluding hydrogens is 386 g/mol. The van der Waals surface area contributed by atoms with Crippen LogP contribution in [0, 0.1) is 5.92 Å². The van der Waals surface area contributed by atoms with E-state index in [1.165, 1.54) is 11.1 Å². The number of benzene rings is 2. The van der Waals surface area contributed by atoms with E-state index < -0.39 is 0 Å². The summed E-state index contributed by atoms with van der Waals surface area (Å²) in [4.78, 5) is 7.63. The van der Waals surface area contributed by atoms with Crippen molar-refractivity contribution >= 4 is 10.9 Å². The van der Waals surface area contributed by atoms with Crippen molar-refractivity contribution in [3.63, 3.8) is 0 Å². The van der Waals surface area contributed by atoms with Crippen molar-refractivity contribution in [1.82, 2.24) is 14.5 Å². The lowest BCUT2D eigenvalue weighted by Crippen LogP contribution is -2.31. The predicted octanol–water partition coefficient (Wildman–Crippen LogP) is 5.32. The first-order chi connectivity index (χ1) is 15.3. The van der Waals surface area contributed by atoms with Crippen molar-refractivity contribution in [2.24, 2.45) is 5.92 Å². The number of aliphatic hydroxyl groups is 1. The Hall–Kier alpha value is -3.05. The van der Waals surface area contributed by atoms with Crippen molar-refractivity contribution in [3.8, 4) is 17.0 Å². The Morgan fingerprint density at radius 1 is 1.06 bits per heavy atom. The molecule has 0 spiro atoms. The standard InChI is InChI=1S/C26H27N3O2/c30-25(13-23-19-5-1-2-6-20(19)24-14-27-16-29(23)24)17-9-11-18(12-10-17)31-26-15-28-22-8-4-3-7-21(22)26/h1-8,14-18,23,25,28,30H,9-13H2. The number of fused-ring (bicyclic) bond motifs is 4. The number of rotatable bonds is 5. The smallest absolute Gasteiger partial charge is 0.144 e. The molecule has 1 aliphatic carbocycles. The Morgan fingerprint density at radius 3 is 2.77 bits per heavy atom. The van der Waals surface area contributed by atoms with Crippen LogP contribution < -0.4 is 4.74 Å². The summed E-state index contributed by atoms with van der Waals surface area (Å²) >= 11 is 0. The highest BCUT2D eigenvalue weighted by Gasteiger charge is 2.34. The summed E-state index contributed by atoms with van der Waals surface area (Å²) in [7, 11) is 0. The average molecular weight is 414 g/mol. The molecule has 0 bridgehead atoms. The molecular formula is C26H27N3O2. The molecule has 2 aromatic heterocycles. The van der Waals surface area contributed by atoms with Gasteiger partial charge in [0.25, 0.3) is 0 Å². The fourth-order valence-electron chi connectivity index (χ4n) is 5.51.